The molecular formula is C8H10NO2S+. The summed E-state index contributed by atoms with van der Waals surface area (Å²) in [6, 6.07) is 6.91. The Morgan fingerprint density at radius 2 is 2.33 bits per heavy atom. The van der Waals surface area contributed by atoms with E-state index in [1.54, 1.807) is 30.0 Å². The van der Waals surface area contributed by atoms with Crippen LogP contribution in [0, 0.1) is 4.91 Å². The van der Waals surface area contributed by atoms with Crippen molar-refractivity contribution in [3.8, 4) is 0 Å². The van der Waals surface area contributed by atoms with Crippen LogP contribution in [0.4, 0.5) is 5.69 Å². The van der Waals surface area contributed by atoms with Crippen molar-refractivity contribution >= 4 is 17.4 Å². The highest BCUT2D eigenvalue weighted by Gasteiger charge is 2.10. The van der Waals surface area contributed by atoms with E-state index in [0.29, 0.717) is 0 Å². The average Bonchev–Trinajstić information content (AvgIpc) is 2.05. The van der Waals surface area contributed by atoms with Crippen LogP contribution in [-0.4, -0.2) is 16.4 Å². The first-order valence-corrected chi connectivity index (χ1v) is 4.87. The molecule has 64 valence electrons. The fourth-order valence-corrected chi connectivity index (χ4v) is 1.44. The van der Waals surface area contributed by atoms with Gasteiger partial charge < -0.3 is 0 Å². The third kappa shape index (κ3) is 2.23. The van der Waals surface area contributed by atoms with E-state index < -0.39 is 0 Å². The fraction of sp³-hybridized carbons (Fsp3) is 0.250. The molecule has 0 atom stereocenters. The van der Waals surface area contributed by atoms with E-state index in [2.05, 4.69) is 0 Å². The van der Waals surface area contributed by atoms with Gasteiger partial charge in [-0.3, -0.25) is 0 Å². The number of hydrogen-bond donors (Lipinski definition) is 1. The first-order valence-electron chi connectivity index (χ1n) is 3.48. The van der Waals surface area contributed by atoms with Gasteiger partial charge in [0.15, 0.2) is 0 Å². The third-order valence-corrected chi connectivity index (χ3v) is 2.06. The Hall–Kier alpha value is -1.03. The Bertz CT molecular complexity index is 288. The summed E-state index contributed by atoms with van der Waals surface area (Å²) < 4.78 is 0. The van der Waals surface area contributed by atoms with Crippen molar-refractivity contribution in [2.24, 2.45) is 0 Å². The van der Waals surface area contributed by atoms with Crippen molar-refractivity contribution in [1.82, 2.24) is 0 Å². The van der Waals surface area contributed by atoms with Gasteiger partial charge in [0.1, 0.15) is 0 Å². The number of hydrogen-bond acceptors (Lipinski definition) is 2. The van der Waals surface area contributed by atoms with Crippen LogP contribution in [0.3, 0.4) is 0 Å². The lowest BCUT2D eigenvalue weighted by Gasteiger charge is -1.94. The lowest BCUT2D eigenvalue weighted by molar-refractivity contribution is -0.729. The maximum Gasteiger partial charge on any atom is 0.316 e. The van der Waals surface area contributed by atoms with Gasteiger partial charge >= 0.3 is 5.69 Å². The largest absolute Gasteiger partial charge is 0.316 e. The van der Waals surface area contributed by atoms with Crippen LogP contribution in [0.5, 0.6) is 0 Å². The highest BCUT2D eigenvalue weighted by molar-refractivity contribution is 7.97. The van der Waals surface area contributed by atoms with Crippen LogP contribution in [0.15, 0.2) is 24.3 Å². The minimum Gasteiger partial charge on any atom is -0.241 e. The van der Waals surface area contributed by atoms with Crippen molar-refractivity contribution < 1.29 is 10.1 Å². The molecular weight excluding hydrogens is 174 g/mol. The van der Waals surface area contributed by atoms with E-state index in [-0.39, 0.29) is 10.6 Å². The molecule has 0 aromatic heterocycles. The van der Waals surface area contributed by atoms with Crippen LogP contribution in [0.25, 0.3) is 0 Å². The van der Waals surface area contributed by atoms with E-state index in [1.165, 1.54) is 0 Å². The van der Waals surface area contributed by atoms with E-state index in [0.717, 1.165) is 11.3 Å². The molecule has 0 spiro atoms. The van der Waals surface area contributed by atoms with Gasteiger partial charge in [-0.05, 0) is 11.8 Å². The molecule has 0 amide bonds. The Morgan fingerprint density at radius 3 is 2.92 bits per heavy atom. The van der Waals surface area contributed by atoms with Crippen LogP contribution in [0.1, 0.15) is 5.56 Å². The molecule has 0 bridgehead atoms. The van der Waals surface area contributed by atoms with Gasteiger partial charge in [-0.15, -0.1) is 0 Å². The van der Waals surface area contributed by atoms with E-state index in [1.807, 2.05) is 12.3 Å². The lowest BCUT2D eigenvalue weighted by Crippen LogP contribution is -1.92. The van der Waals surface area contributed by atoms with Gasteiger partial charge in [-0.2, -0.15) is 11.8 Å². The molecule has 1 N–H and O–H groups in total. The SMILES string of the molecule is CSCc1cccc([N+](=O)O)c1. The lowest BCUT2D eigenvalue weighted by atomic mass is 10.2. The molecule has 1 rings (SSSR count). The first kappa shape index (κ1) is 9.06. The molecule has 12 heavy (non-hydrogen) atoms. The number of rotatable bonds is 3. The summed E-state index contributed by atoms with van der Waals surface area (Å²) in [7, 11) is 0. The minimum absolute atomic E-state index is 0.121. The Morgan fingerprint density at radius 1 is 1.58 bits per heavy atom. The van der Waals surface area contributed by atoms with Crippen molar-refractivity contribution in [3.63, 3.8) is 0 Å². The standard InChI is InChI=1S/C8H10NO2S/c1-12-6-7-3-2-4-8(5-7)9(10)11/h2-5H,6H2,1H3,(H,10,11)/q+1. The number of benzene rings is 1. The summed E-state index contributed by atoms with van der Waals surface area (Å²) in [5.41, 5.74) is 1.32. The van der Waals surface area contributed by atoms with Crippen molar-refractivity contribution in [2.75, 3.05) is 6.26 Å². The third-order valence-electron chi connectivity index (χ3n) is 1.44. The monoisotopic (exact) mass is 184 g/mol. The van der Waals surface area contributed by atoms with Gasteiger partial charge in [0, 0.05) is 17.9 Å². The summed E-state index contributed by atoms with van der Waals surface area (Å²) >= 11 is 1.67. The van der Waals surface area contributed by atoms with Gasteiger partial charge in [0.25, 0.3) is 4.92 Å². The summed E-state index contributed by atoms with van der Waals surface area (Å²) in [6.07, 6.45) is 1.99. The Kier molecular flexibility index (Phi) is 3.10. The maximum atomic E-state index is 10.5. The molecule has 0 saturated carbocycles. The normalized spacial score (nSPS) is 9.75. The zero-order valence-electron chi connectivity index (χ0n) is 6.73. The van der Waals surface area contributed by atoms with Crippen LogP contribution < -0.4 is 0 Å². The highest BCUT2D eigenvalue weighted by atomic mass is 32.2. The number of nitrogens with zero attached hydrogens (tertiary/aromatic N) is 1. The van der Waals surface area contributed by atoms with Crippen LogP contribution in [-0.2, 0) is 5.75 Å². The van der Waals surface area contributed by atoms with Gasteiger partial charge in [0.05, 0.1) is 4.91 Å². The van der Waals surface area contributed by atoms with Crippen molar-refractivity contribution in [3.05, 3.63) is 34.7 Å². The second-order valence-electron chi connectivity index (χ2n) is 2.38. The fourth-order valence-electron chi connectivity index (χ4n) is 0.932. The molecule has 4 heteroatoms. The van der Waals surface area contributed by atoms with E-state index in [9.17, 15) is 4.91 Å². The molecule has 0 fully saturated rings. The second kappa shape index (κ2) is 4.11. The van der Waals surface area contributed by atoms with Gasteiger partial charge in [0.2, 0.25) is 0 Å². The Labute approximate surface area is 74.9 Å². The molecule has 0 aliphatic heterocycles. The first-order chi connectivity index (χ1) is 5.74. The molecule has 0 aliphatic carbocycles. The molecule has 0 heterocycles. The van der Waals surface area contributed by atoms with Crippen molar-refractivity contribution in [2.45, 2.75) is 5.75 Å². The average molecular weight is 184 g/mol. The Balaban J connectivity index is 2.88. The molecule has 1 aromatic rings. The highest BCUT2D eigenvalue weighted by Crippen LogP contribution is 2.15. The summed E-state index contributed by atoms with van der Waals surface area (Å²) in [4.78, 5) is 10.3. The molecule has 0 radical (unpaired) electrons. The summed E-state index contributed by atoms with van der Waals surface area (Å²) in [5.74, 6) is 0.849. The quantitative estimate of drug-likeness (QED) is 0.733. The topological polar surface area (TPSA) is 40.3 Å². The smallest absolute Gasteiger partial charge is 0.241 e. The predicted octanol–water partition coefficient (Wildman–Crippen LogP) is 2.35. The zero-order valence-corrected chi connectivity index (χ0v) is 7.54. The predicted molar refractivity (Wildman–Crippen MR) is 48.7 cm³/mol. The van der Waals surface area contributed by atoms with E-state index >= 15 is 0 Å². The minimum atomic E-state index is -0.121. The summed E-state index contributed by atoms with van der Waals surface area (Å²) in [6.45, 7) is 0. The molecule has 0 saturated heterocycles. The van der Waals surface area contributed by atoms with Gasteiger partial charge in [-0.1, -0.05) is 12.1 Å². The summed E-state index contributed by atoms with van der Waals surface area (Å²) in [5, 5.41) is 8.59. The molecule has 3 nitrogen and oxygen atoms in total. The van der Waals surface area contributed by atoms with Gasteiger partial charge in [-0.25, -0.2) is 5.21 Å². The molecule has 0 aliphatic rings. The second-order valence-corrected chi connectivity index (χ2v) is 3.24. The number of thioether (sulfide) groups is 1. The van der Waals surface area contributed by atoms with Crippen LogP contribution in [0.2, 0.25) is 0 Å². The van der Waals surface area contributed by atoms with Crippen LogP contribution >= 0.6 is 11.8 Å². The van der Waals surface area contributed by atoms with Crippen molar-refractivity contribution in [1.29, 1.82) is 0 Å². The molecule has 0 unspecified atom stereocenters. The molecule has 1 aromatic carbocycles. The van der Waals surface area contributed by atoms with E-state index in [4.69, 9.17) is 5.21 Å². The zero-order chi connectivity index (χ0) is 8.97. The maximum absolute atomic E-state index is 10.5.